The third-order valence-electron chi connectivity index (χ3n) is 6.93. The summed E-state index contributed by atoms with van der Waals surface area (Å²) in [5.41, 5.74) is 2.78. The van der Waals surface area contributed by atoms with E-state index in [1.807, 2.05) is 19.1 Å². The first-order chi connectivity index (χ1) is 19.3. The molecule has 1 aliphatic heterocycles. The Kier molecular flexibility index (Phi) is 6.99. The first-order valence-corrected chi connectivity index (χ1v) is 14.8. The van der Waals surface area contributed by atoms with Crippen molar-refractivity contribution >= 4 is 49.8 Å². The number of benzene rings is 2. The van der Waals surface area contributed by atoms with Gasteiger partial charge in [-0.1, -0.05) is 30.7 Å². The van der Waals surface area contributed by atoms with Crippen molar-refractivity contribution < 1.29 is 12.8 Å². The van der Waals surface area contributed by atoms with Gasteiger partial charge in [0.25, 0.3) is 10.0 Å². The van der Waals surface area contributed by atoms with Gasteiger partial charge in [-0.25, -0.2) is 32.3 Å². The van der Waals surface area contributed by atoms with Crippen molar-refractivity contribution in [3.63, 3.8) is 0 Å². The average molecular weight is 581 g/mol. The van der Waals surface area contributed by atoms with E-state index in [-0.39, 0.29) is 27.3 Å². The molecule has 3 aromatic heterocycles. The molecule has 0 amide bonds. The normalized spacial score (nSPS) is 15.9. The van der Waals surface area contributed by atoms with E-state index in [4.69, 9.17) is 16.6 Å². The Morgan fingerprint density at radius 3 is 2.83 bits per heavy atom. The molecule has 0 aliphatic carbocycles. The van der Waals surface area contributed by atoms with Gasteiger partial charge in [0.1, 0.15) is 16.7 Å². The minimum Gasteiger partial charge on any atom is -0.350 e. The van der Waals surface area contributed by atoms with Crippen molar-refractivity contribution in [3.8, 4) is 11.3 Å². The Morgan fingerprint density at radius 2 is 2.05 bits per heavy atom. The van der Waals surface area contributed by atoms with Crippen molar-refractivity contribution in [1.82, 2.24) is 29.9 Å². The van der Waals surface area contributed by atoms with Crippen LogP contribution in [-0.2, 0) is 16.4 Å². The van der Waals surface area contributed by atoms with Crippen LogP contribution >= 0.6 is 11.6 Å². The highest BCUT2D eigenvalue weighted by Gasteiger charge is 2.23. The predicted octanol–water partition coefficient (Wildman–Crippen LogP) is 4.66. The molecule has 4 heterocycles. The fourth-order valence-electron chi connectivity index (χ4n) is 4.99. The fraction of sp³-hybridized carbons (Fsp3) is 0.259. The molecule has 40 heavy (non-hydrogen) atoms. The second-order valence-corrected chi connectivity index (χ2v) is 11.6. The van der Waals surface area contributed by atoms with Gasteiger partial charge in [0, 0.05) is 35.8 Å². The lowest BCUT2D eigenvalue weighted by molar-refractivity contribution is 0.478. The highest BCUT2D eigenvalue weighted by Crippen LogP contribution is 2.33. The van der Waals surface area contributed by atoms with Crippen LogP contribution in [0, 0.1) is 5.82 Å². The van der Waals surface area contributed by atoms with E-state index in [0.29, 0.717) is 23.6 Å². The molecule has 206 valence electrons. The van der Waals surface area contributed by atoms with Gasteiger partial charge in [-0.2, -0.15) is 5.10 Å². The van der Waals surface area contributed by atoms with Gasteiger partial charge in [-0.15, -0.1) is 0 Å². The van der Waals surface area contributed by atoms with Gasteiger partial charge in [-0.05, 0) is 55.6 Å². The zero-order valence-electron chi connectivity index (χ0n) is 21.5. The number of anilines is 2. The monoisotopic (exact) mass is 580 g/mol. The zero-order chi connectivity index (χ0) is 27.9. The summed E-state index contributed by atoms with van der Waals surface area (Å²) >= 11 is 6.10. The van der Waals surface area contributed by atoms with Crippen molar-refractivity contribution in [2.45, 2.75) is 37.1 Å². The van der Waals surface area contributed by atoms with Crippen LogP contribution in [0.3, 0.4) is 0 Å². The van der Waals surface area contributed by atoms with Gasteiger partial charge in [0.15, 0.2) is 11.6 Å². The molecule has 0 radical (unpaired) electrons. The van der Waals surface area contributed by atoms with Crippen LogP contribution in [-0.4, -0.2) is 52.1 Å². The van der Waals surface area contributed by atoms with Crippen LogP contribution in [0.15, 0.2) is 59.9 Å². The Morgan fingerprint density at radius 1 is 1.20 bits per heavy atom. The quantitative estimate of drug-likeness (QED) is 0.254. The zero-order valence-corrected chi connectivity index (χ0v) is 23.1. The van der Waals surface area contributed by atoms with Crippen molar-refractivity contribution in [3.05, 3.63) is 71.4 Å². The first-order valence-electron chi connectivity index (χ1n) is 12.9. The third-order valence-corrected chi connectivity index (χ3v) is 8.77. The molecule has 5 aromatic rings. The van der Waals surface area contributed by atoms with Crippen LogP contribution in [0.1, 0.15) is 25.3 Å². The van der Waals surface area contributed by atoms with Gasteiger partial charge >= 0.3 is 0 Å². The Bertz CT molecular complexity index is 1840. The molecule has 0 saturated carbocycles. The molecule has 2 aromatic carbocycles. The number of nitrogens with zero attached hydrogens (tertiary/aromatic N) is 5. The molecule has 0 bridgehead atoms. The van der Waals surface area contributed by atoms with E-state index in [2.05, 4.69) is 30.4 Å². The maximum atomic E-state index is 15.4. The van der Waals surface area contributed by atoms with E-state index < -0.39 is 15.8 Å². The lowest BCUT2D eigenvalue weighted by Crippen LogP contribution is -2.38. The molecule has 1 fully saturated rings. The standard InChI is InChI=1S/C27H26ClFN8O2S/c1-2-16-10-17(11-18-13-31-27(35-24(16)18)34-19-6-5-9-30-14-19)22-12-21(29)25-26(32-15-33-37(22)25)36-40(38,39)23-8-4-3-7-20(23)28/h3-4,7-8,10-13,15,19,30H,2,5-6,9,14H2,1H3,(H,31,34,35)(H,32,33,36)/t19-/m0/s1. The number of aryl methyl sites for hydroxylation is 1. The molecule has 13 heteroatoms. The van der Waals surface area contributed by atoms with Crippen molar-refractivity contribution in [2.75, 3.05) is 23.1 Å². The predicted molar refractivity (Wildman–Crippen MR) is 153 cm³/mol. The number of rotatable bonds is 7. The minimum absolute atomic E-state index is 0.0378. The SMILES string of the molecule is CCc1cc(-c2cc(F)c3c(NS(=O)(=O)c4ccccc4Cl)ncnn23)cc2cnc(N[C@H]3CCCNC3)nc12. The third kappa shape index (κ3) is 4.93. The first kappa shape index (κ1) is 26.4. The number of sulfonamides is 1. The van der Waals surface area contributed by atoms with Gasteiger partial charge in [0.05, 0.1) is 16.2 Å². The minimum atomic E-state index is -4.14. The summed E-state index contributed by atoms with van der Waals surface area (Å²) in [5, 5.41) is 11.9. The lowest BCUT2D eigenvalue weighted by Gasteiger charge is -2.23. The average Bonchev–Trinajstić information content (AvgIpc) is 3.30. The van der Waals surface area contributed by atoms with E-state index in [1.54, 1.807) is 18.3 Å². The number of nitrogens with one attached hydrogen (secondary N) is 3. The highest BCUT2D eigenvalue weighted by atomic mass is 35.5. The molecule has 0 unspecified atom stereocenters. The molecule has 10 nitrogen and oxygen atoms in total. The van der Waals surface area contributed by atoms with Crippen molar-refractivity contribution in [1.29, 1.82) is 0 Å². The summed E-state index contributed by atoms with van der Waals surface area (Å²) in [6.45, 7) is 3.92. The fourth-order valence-corrected chi connectivity index (χ4v) is 6.53. The van der Waals surface area contributed by atoms with Crippen LogP contribution in [0.2, 0.25) is 5.02 Å². The molecule has 0 spiro atoms. The number of halogens is 2. The molecular formula is C27H26ClFN8O2S. The van der Waals surface area contributed by atoms with Gasteiger partial charge in [-0.3, -0.25) is 4.72 Å². The van der Waals surface area contributed by atoms with Crippen LogP contribution in [0.5, 0.6) is 0 Å². The summed E-state index contributed by atoms with van der Waals surface area (Å²) in [7, 11) is -4.14. The molecule has 1 atom stereocenters. The number of hydrogen-bond donors (Lipinski definition) is 3. The maximum absolute atomic E-state index is 15.4. The summed E-state index contributed by atoms with van der Waals surface area (Å²) in [4.78, 5) is 13.2. The molecular weight excluding hydrogens is 555 g/mol. The topological polar surface area (TPSA) is 126 Å². The lowest BCUT2D eigenvalue weighted by atomic mass is 10.0. The smallest absolute Gasteiger partial charge is 0.264 e. The molecule has 1 saturated heterocycles. The number of fused-ring (bicyclic) bond motifs is 2. The van der Waals surface area contributed by atoms with E-state index in [1.165, 1.54) is 29.0 Å². The van der Waals surface area contributed by atoms with Gasteiger partial charge in [0.2, 0.25) is 5.95 Å². The summed E-state index contributed by atoms with van der Waals surface area (Å²) in [6.07, 6.45) is 5.77. The summed E-state index contributed by atoms with van der Waals surface area (Å²) in [6, 6.07) is 11.4. The van der Waals surface area contributed by atoms with Crippen LogP contribution in [0.4, 0.5) is 16.2 Å². The van der Waals surface area contributed by atoms with E-state index in [9.17, 15) is 8.42 Å². The molecule has 1 aliphatic rings. The maximum Gasteiger partial charge on any atom is 0.264 e. The highest BCUT2D eigenvalue weighted by molar-refractivity contribution is 7.92. The van der Waals surface area contributed by atoms with Crippen LogP contribution < -0.4 is 15.4 Å². The number of aromatic nitrogens is 5. The Hall–Kier alpha value is -3.87. The van der Waals surface area contributed by atoms with Crippen molar-refractivity contribution in [2.24, 2.45) is 0 Å². The Balaban J connectivity index is 1.39. The molecule has 6 rings (SSSR count). The number of hydrogen-bond acceptors (Lipinski definition) is 8. The molecule has 3 N–H and O–H groups in total. The summed E-state index contributed by atoms with van der Waals surface area (Å²) < 4.78 is 45.1. The van der Waals surface area contributed by atoms with Gasteiger partial charge < -0.3 is 10.6 Å². The second kappa shape index (κ2) is 10.6. The van der Waals surface area contributed by atoms with E-state index >= 15 is 4.39 Å². The number of piperidine rings is 1. The second-order valence-electron chi connectivity index (χ2n) is 9.59. The van der Waals surface area contributed by atoms with Crippen LogP contribution in [0.25, 0.3) is 27.7 Å². The largest absolute Gasteiger partial charge is 0.350 e. The Labute approximate surface area is 235 Å². The van der Waals surface area contributed by atoms with E-state index in [0.717, 1.165) is 42.4 Å². The summed E-state index contributed by atoms with van der Waals surface area (Å²) in [5.74, 6) is -0.306.